The van der Waals surface area contributed by atoms with Crippen molar-refractivity contribution in [3.05, 3.63) is 41.8 Å². The fourth-order valence-electron chi connectivity index (χ4n) is 2.52. The predicted molar refractivity (Wildman–Crippen MR) is 81.8 cm³/mol. The van der Waals surface area contributed by atoms with Gasteiger partial charge in [-0.15, -0.1) is 0 Å². The second-order valence-electron chi connectivity index (χ2n) is 4.98. The maximum absolute atomic E-state index is 6.06. The minimum atomic E-state index is 0.550. The second-order valence-corrected chi connectivity index (χ2v) is 5.41. The Balaban J connectivity index is 1.81. The zero-order valence-electron chi connectivity index (χ0n) is 11.9. The molecule has 0 aliphatic carbocycles. The summed E-state index contributed by atoms with van der Waals surface area (Å²) in [5.74, 6) is 2.18. The fraction of sp³-hybridized carbons (Fsp3) is 0.200. The summed E-state index contributed by atoms with van der Waals surface area (Å²) in [5.41, 5.74) is 1.74. The van der Waals surface area contributed by atoms with Crippen LogP contribution in [0.5, 0.6) is 11.5 Å². The van der Waals surface area contributed by atoms with Gasteiger partial charge in [-0.05, 0) is 18.2 Å². The third kappa shape index (κ3) is 2.12. The van der Waals surface area contributed by atoms with E-state index in [2.05, 4.69) is 10.1 Å². The van der Waals surface area contributed by atoms with Crippen molar-refractivity contribution in [2.24, 2.45) is 7.05 Å². The van der Waals surface area contributed by atoms with Crippen LogP contribution in [-0.4, -0.2) is 32.5 Å². The monoisotopic (exact) mass is 316 g/mol. The second kappa shape index (κ2) is 5.06. The maximum atomic E-state index is 6.06. The highest BCUT2D eigenvalue weighted by atomic mass is 35.5. The van der Waals surface area contributed by atoms with Gasteiger partial charge >= 0.3 is 0 Å². The zero-order valence-corrected chi connectivity index (χ0v) is 12.6. The summed E-state index contributed by atoms with van der Waals surface area (Å²) < 4.78 is 14.8. The number of ether oxygens (including phenoxy) is 2. The van der Waals surface area contributed by atoms with Crippen LogP contribution >= 0.6 is 11.6 Å². The van der Waals surface area contributed by atoms with Crippen LogP contribution < -0.4 is 9.47 Å². The Kier molecular flexibility index (Phi) is 3.04. The van der Waals surface area contributed by atoms with Gasteiger partial charge in [0.05, 0.1) is 16.4 Å². The van der Waals surface area contributed by atoms with Crippen LogP contribution in [0.25, 0.3) is 17.2 Å². The molecule has 0 unspecified atom stereocenters. The lowest BCUT2D eigenvalue weighted by Crippen LogP contribution is -2.15. The summed E-state index contributed by atoms with van der Waals surface area (Å²) in [7, 11) is 1.92. The van der Waals surface area contributed by atoms with Crippen molar-refractivity contribution in [2.75, 3.05) is 13.2 Å². The van der Waals surface area contributed by atoms with Crippen molar-refractivity contribution in [3.8, 4) is 28.7 Å². The molecule has 22 heavy (non-hydrogen) atoms. The van der Waals surface area contributed by atoms with Crippen LogP contribution in [0.1, 0.15) is 0 Å². The average molecular weight is 317 g/mol. The molecule has 3 heterocycles. The summed E-state index contributed by atoms with van der Waals surface area (Å²) >= 11 is 6.06. The van der Waals surface area contributed by atoms with Crippen molar-refractivity contribution in [1.29, 1.82) is 0 Å². The van der Waals surface area contributed by atoms with Crippen molar-refractivity contribution < 1.29 is 9.47 Å². The standard InChI is InChI=1S/C15H13ClN4O2/c1-19-8-10(16)6-12(19)15-17-9-18-20(15)11-2-3-13-14(7-11)22-5-4-21-13/h2-3,6-9H,4-5H2,1H3. The molecule has 112 valence electrons. The number of halogens is 1. The van der Waals surface area contributed by atoms with E-state index in [9.17, 15) is 0 Å². The number of nitrogens with zero attached hydrogens (tertiary/aromatic N) is 4. The molecule has 0 bridgehead atoms. The summed E-state index contributed by atoms with van der Waals surface area (Å²) in [6.07, 6.45) is 3.35. The Morgan fingerprint density at radius 1 is 1.14 bits per heavy atom. The highest BCUT2D eigenvalue weighted by molar-refractivity contribution is 6.30. The Hall–Kier alpha value is -2.47. The first-order chi connectivity index (χ1) is 10.7. The van der Waals surface area contributed by atoms with Crippen LogP contribution in [0, 0.1) is 0 Å². The molecule has 4 rings (SSSR count). The molecule has 2 aromatic heterocycles. The van der Waals surface area contributed by atoms with Crippen LogP contribution in [0.2, 0.25) is 5.02 Å². The summed E-state index contributed by atoms with van der Waals surface area (Å²) in [5, 5.41) is 4.98. The van der Waals surface area contributed by atoms with Gasteiger partial charge in [-0.25, -0.2) is 9.67 Å². The van der Waals surface area contributed by atoms with E-state index in [1.807, 2.05) is 42.1 Å². The first-order valence-electron chi connectivity index (χ1n) is 6.84. The Labute approximate surface area is 131 Å². The molecule has 0 amide bonds. The van der Waals surface area contributed by atoms with Gasteiger partial charge in [-0.2, -0.15) is 5.10 Å². The highest BCUT2D eigenvalue weighted by Crippen LogP contribution is 2.33. The molecule has 0 atom stereocenters. The minimum Gasteiger partial charge on any atom is -0.486 e. The minimum absolute atomic E-state index is 0.550. The van der Waals surface area contributed by atoms with Gasteiger partial charge in [-0.1, -0.05) is 11.6 Å². The third-order valence-corrected chi connectivity index (χ3v) is 3.73. The van der Waals surface area contributed by atoms with E-state index in [0.29, 0.717) is 24.1 Å². The van der Waals surface area contributed by atoms with Gasteiger partial charge in [0.1, 0.15) is 19.5 Å². The van der Waals surface area contributed by atoms with Gasteiger partial charge in [0, 0.05) is 19.3 Å². The summed E-state index contributed by atoms with van der Waals surface area (Å²) in [6, 6.07) is 7.57. The van der Waals surface area contributed by atoms with E-state index in [1.165, 1.54) is 6.33 Å². The quantitative estimate of drug-likeness (QED) is 0.729. The first kappa shape index (κ1) is 13.2. The van der Waals surface area contributed by atoms with Gasteiger partial charge in [0.25, 0.3) is 0 Å². The zero-order chi connectivity index (χ0) is 15.1. The van der Waals surface area contributed by atoms with E-state index in [4.69, 9.17) is 21.1 Å². The number of hydrogen-bond acceptors (Lipinski definition) is 4. The van der Waals surface area contributed by atoms with Crippen LogP contribution in [0.4, 0.5) is 0 Å². The largest absolute Gasteiger partial charge is 0.486 e. The molecule has 0 spiro atoms. The number of fused-ring (bicyclic) bond motifs is 1. The van der Waals surface area contributed by atoms with E-state index in [0.717, 1.165) is 22.9 Å². The Morgan fingerprint density at radius 2 is 1.95 bits per heavy atom. The topological polar surface area (TPSA) is 54.1 Å². The Bertz CT molecular complexity index is 840. The van der Waals surface area contributed by atoms with Crippen molar-refractivity contribution in [3.63, 3.8) is 0 Å². The lowest BCUT2D eigenvalue weighted by molar-refractivity contribution is 0.171. The van der Waals surface area contributed by atoms with Gasteiger partial charge in [-0.3, -0.25) is 0 Å². The van der Waals surface area contributed by atoms with E-state index in [-0.39, 0.29) is 0 Å². The molecule has 1 aliphatic rings. The lowest BCUT2D eigenvalue weighted by atomic mass is 10.2. The van der Waals surface area contributed by atoms with Crippen molar-refractivity contribution in [2.45, 2.75) is 0 Å². The SMILES string of the molecule is Cn1cc(Cl)cc1-c1ncnn1-c1ccc2c(c1)OCCO2. The summed E-state index contributed by atoms with van der Waals surface area (Å²) in [6.45, 7) is 1.12. The van der Waals surface area contributed by atoms with E-state index in [1.54, 1.807) is 4.68 Å². The van der Waals surface area contributed by atoms with Gasteiger partial charge in [0.15, 0.2) is 17.3 Å². The number of rotatable bonds is 2. The molecule has 0 saturated heterocycles. The Morgan fingerprint density at radius 3 is 2.73 bits per heavy atom. The molecule has 0 N–H and O–H groups in total. The highest BCUT2D eigenvalue weighted by Gasteiger charge is 2.17. The van der Waals surface area contributed by atoms with Gasteiger partial charge in [0.2, 0.25) is 0 Å². The lowest BCUT2D eigenvalue weighted by Gasteiger charge is -2.19. The number of benzene rings is 1. The molecule has 3 aromatic rings. The molecular weight excluding hydrogens is 304 g/mol. The van der Waals surface area contributed by atoms with Crippen molar-refractivity contribution >= 4 is 11.6 Å². The third-order valence-electron chi connectivity index (χ3n) is 3.52. The molecule has 0 saturated carbocycles. The average Bonchev–Trinajstić information content (AvgIpc) is 3.12. The first-order valence-corrected chi connectivity index (χ1v) is 7.22. The van der Waals surface area contributed by atoms with Gasteiger partial charge < -0.3 is 14.0 Å². The van der Waals surface area contributed by atoms with Crippen LogP contribution in [-0.2, 0) is 7.05 Å². The number of aromatic nitrogens is 4. The molecule has 0 radical (unpaired) electrons. The maximum Gasteiger partial charge on any atom is 0.179 e. The molecule has 7 heteroatoms. The normalized spacial score (nSPS) is 13.4. The molecule has 1 aliphatic heterocycles. The number of aryl methyl sites for hydroxylation is 1. The molecule has 1 aromatic carbocycles. The van der Waals surface area contributed by atoms with Crippen LogP contribution in [0.3, 0.4) is 0 Å². The predicted octanol–water partition coefficient (Wildman–Crippen LogP) is 2.70. The molecular formula is C15H13ClN4O2. The van der Waals surface area contributed by atoms with E-state index >= 15 is 0 Å². The number of hydrogen-bond donors (Lipinski definition) is 0. The van der Waals surface area contributed by atoms with E-state index < -0.39 is 0 Å². The fourth-order valence-corrected chi connectivity index (χ4v) is 2.77. The molecule has 6 nitrogen and oxygen atoms in total. The molecule has 0 fully saturated rings. The van der Waals surface area contributed by atoms with Crippen LogP contribution in [0.15, 0.2) is 36.8 Å². The smallest absolute Gasteiger partial charge is 0.179 e. The van der Waals surface area contributed by atoms with Crippen molar-refractivity contribution in [1.82, 2.24) is 19.3 Å². The summed E-state index contributed by atoms with van der Waals surface area (Å²) in [4.78, 5) is 4.35.